The van der Waals surface area contributed by atoms with Crippen molar-refractivity contribution in [2.24, 2.45) is 11.7 Å². The highest BCUT2D eigenvalue weighted by Crippen LogP contribution is 2.24. The minimum atomic E-state index is -0.418. The zero-order valence-corrected chi connectivity index (χ0v) is 15.9. The Labute approximate surface area is 163 Å². The second-order valence-electron chi connectivity index (χ2n) is 6.94. The molecule has 1 aliphatic rings. The number of anilines is 1. The van der Waals surface area contributed by atoms with Crippen molar-refractivity contribution in [2.45, 2.75) is 32.7 Å². The van der Waals surface area contributed by atoms with E-state index in [0.717, 1.165) is 23.4 Å². The van der Waals surface area contributed by atoms with Crippen LogP contribution in [0, 0.1) is 5.92 Å². The van der Waals surface area contributed by atoms with Gasteiger partial charge in [-0.3, -0.25) is 14.4 Å². The number of aromatic amines is 1. The molecule has 2 aromatic heterocycles. The van der Waals surface area contributed by atoms with Gasteiger partial charge < -0.3 is 20.9 Å². The normalized spacial score (nSPS) is 14.7. The number of aromatic nitrogens is 2. The van der Waals surface area contributed by atoms with Gasteiger partial charge in [-0.15, -0.1) is 0 Å². The van der Waals surface area contributed by atoms with E-state index in [9.17, 15) is 14.4 Å². The molecule has 0 spiro atoms. The van der Waals surface area contributed by atoms with Gasteiger partial charge in [-0.25, -0.2) is 4.98 Å². The summed E-state index contributed by atoms with van der Waals surface area (Å²) >= 11 is 0. The molecule has 0 unspecified atom stereocenters. The molecule has 1 fully saturated rings. The maximum absolute atomic E-state index is 12.5. The van der Waals surface area contributed by atoms with Gasteiger partial charge in [-0.05, 0) is 37.0 Å². The van der Waals surface area contributed by atoms with Crippen LogP contribution in [0.2, 0.25) is 0 Å². The lowest BCUT2D eigenvalue weighted by atomic mass is 9.96. The summed E-state index contributed by atoms with van der Waals surface area (Å²) < 4.78 is 0. The van der Waals surface area contributed by atoms with Gasteiger partial charge in [-0.1, -0.05) is 13.0 Å². The first-order valence-corrected chi connectivity index (χ1v) is 9.47. The van der Waals surface area contributed by atoms with Crippen molar-refractivity contribution in [2.75, 3.05) is 18.0 Å². The first-order valence-electron chi connectivity index (χ1n) is 9.47. The predicted octanol–water partition coefficient (Wildman–Crippen LogP) is 0.964. The zero-order chi connectivity index (χ0) is 20.1. The maximum Gasteiger partial charge on any atom is 0.260 e. The Bertz CT molecular complexity index is 916. The largest absolute Gasteiger partial charge is 0.369 e. The molecule has 0 bridgehead atoms. The molecule has 1 aliphatic heterocycles. The highest BCUT2D eigenvalue weighted by atomic mass is 16.2. The van der Waals surface area contributed by atoms with Crippen molar-refractivity contribution >= 4 is 17.6 Å². The summed E-state index contributed by atoms with van der Waals surface area (Å²) in [4.78, 5) is 45.0. The molecular weight excluding hydrogens is 358 g/mol. The number of nitrogens with one attached hydrogen (secondary N) is 2. The van der Waals surface area contributed by atoms with Gasteiger partial charge in [0.05, 0.1) is 0 Å². The van der Waals surface area contributed by atoms with Crippen LogP contribution in [-0.2, 0) is 17.8 Å². The molecule has 1 saturated heterocycles. The molecule has 0 aliphatic carbocycles. The molecule has 2 amide bonds. The molecule has 148 valence electrons. The number of rotatable bonds is 6. The molecule has 4 N–H and O–H groups in total. The zero-order valence-electron chi connectivity index (χ0n) is 15.9. The monoisotopic (exact) mass is 383 g/mol. The standard InChI is InChI=1S/C20H25N5O3/c1-2-13-10-16(19(27)23-11-13)20(28)24-12-15-4-3-7-22-18(15)25-8-5-14(6-9-25)17(21)26/h3-4,7,10-11,14H,2,5-6,8-9,12H2,1H3,(H2,21,26)(H,23,27)(H,24,28). The fourth-order valence-corrected chi connectivity index (χ4v) is 3.40. The second kappa shape index (κ2) is 8.69. The minimum Gasteiger partial charge on any atom is -0.369 e. The number of piperidine rings is 1. The Kier molecular flexibility index (Phi) is 6.08. The number of hydrogen-bond donors (Lipinski definition) is 3. The summed E-state index contributed by atoms with van der Waals surface area (Å²) in [5.74, 6) is 0.00843. The Balaban J connectivity index is 1.70. The van der Waals surface area contributed by atoms with E-state index in [0.29, 0.717) is 25.9 Å². The summed E-state index contributed by atoms with van der Waals surface area (Å²) in [6.07, 6.45) is 5.43. The van der Waals surface area contributed by atoms with E-state index in [-0.39, 0.29) is 23.9 Å². The molecule has 28 heavy (non-hydrogen) atoms. The summed E-state index contributed by atoms with van der Waals surface area (Å²) in [6.45, 7) is 3.58. The fraction of sp³-hybridized carbons (Fsp3) is 0.400. The van der Waals surface area contributed by atoms with Gasteiger partial charge in [0.1, 0.15) is 11.4 Å². The fourth-order valence-electron chi connectivity index (χ4n) is 3.40. The molecule has 0 saturated carbocycles. The number of carbonyl (C=O) groups is 2. The van der Waals surface area contributed by atoms with E-state index in [1.54, 1.807) is 18.5 Å². The van der Waals surface area contributed by atoms with Crippen LogP contribution in [0.25, 0.3) is 0 Å². The van der Waals surface area contributed by atoms with Crippen LogP contribution in [0.3, 0.4) is 0 Å². The third-order valence-corrected chi connectivity index (χ3v) is 5.12. The van der Waals surface area contributed by atoms with Crippen LogP contribution < -0.4 is 21.5 Å². The minimum absolute atomic E-state index is 0.0966. The molecule has 0 atom stereocenters. The number of pyridine rings is 2. The lowest BCUT2D eigenvalue weighted by molar-refractivity contribution is -0.122. The molecule has 3 rings (SSSR count). The van der Waals surface area contributed by atoms with E-state index in [1.165, 1.54) is 0 Å². The predicted molar refractivity (Wildman–Crippen MR) is 106 cm³/mol. The van der Waals surface area contributed by atoms with Crippen molar-refractivity contribution < 1.29 is 9.59 Å². The summed E-state index contributed by atoms with van der Waals surface area (Å²) in [5.41, 5.74) is 6.85. The Hall–Kier alpha value is -3.16. The molecule has 0 radical (unpaired) electrons. The highest BCUT2D eigenvalue weighted by Gasteiger charge is 2.25. The number of H-pyrrole nitrogens is 1. The third-order valence-electron chi connectivity index (χ3n) is 5.12. The number of amides is 2. The SMILES string of the molecule is CCc1c[nH]c(=O)c(C(=O)NCc2cccnc2N2CCC(C(N)=O)CC2)c1. The van der Waals surface area contributed by atoms with Crippen LogP contribution in [0.15, 0.2) is 35.4 Å². The summed E-state index contributed by atoms with van der Waals surface area (Å²) in [5, 5.41) is 2.81. The number of carbonyl (C=O) groups excluding carboxylic acids is 2. The van der Waals surface area contributed by atoms with Gasteiger partial charge >= 0.3 is 0 Å². The third kappa shape index (κ3) is 4.39. The van der Waals surface area contributed by atoms with Crippen LogP contribution in [0.5, 0.6) is 0 Å². The van der Waals surface area contributed by atoms with Gasteiger partial charge in [-0.2, -0.15) is 0 Å². The smallest absolute Gasteiger partial charge is 0.260 e. The molecule has 3 heterocycles. The van der Waals surface area contributed by atoms with E-state index < -0.39 is 11.5 Å². The average molecular weight is 383 g/mol. The van der Waals surface area contributed by atoms with Crippen molar-refractivity contribution in [3.8, 4) is 0 Å². The molecule has 0 aromatic carbocycles. The van der Waals surface area contributed by atoms with Crippen LogP contribution in [-0.4, -0.2) is 34.9 Å². The van der Waals surface area contributed by atoms with E-state index >= 15 is 0 Å². The molecular formula is C20H25N5O3. The quantitative estimate of drug-likeness (QED) is 0.686. The number of nitrogens with two attached hydrogens (primary N) is 1. The Morgan fingerprint density at radius 3 is 2.79 bits per heavy atom. The Morgan fingerprint density at radius 1 is 1.36 bits per heavy atom. The molecule has 2 aromatic rings. The van der Waals surface area contributed by atoms with Crippen molar-refractivity contribution in [1.29, 1.82) is 0 Å². The van der Waals surface area contributed by atoms with Gasteiger partial charge in [0, 0.05) is 43.5 Å². The van der Waals surface area contributed by atoms with E-state index in [4.69, 9.17) is 5.73 Å². The van der Waals surface area contributed by atoms with Crippen LogP contribution in [0.4, 0.5) is 5.82 Å². The van der Waals surface area contributed by atoms with Crippen LogP contribution >= 0.6 is 0 Å². The van der Waals surface area contributed by atoms with Crippen molar-refractivity contribution in [1.82, 2.24) is 15.3 Å². The lowest BCUT2D eigenvalue weighted by Crippen LogP contribution is -2.39. The lowest BCUT2D eigenvalue weighted by Gasteiger charge is -2.32. The summed E-state index contributed by atoms with van der Waals surface area (Å²) in [6, 6.07) is 5.33. The van der Waals surface area contributed by atoms with Crippen molar-refractivity contribution in [3.63, 3.8) is 0 Å². The van der Waals surface area contributed by atoms with Gasteiger partial charge in [0.2, 0.25) is 5.91 Å². The van der Waals surface area contributed by atoms with Crippen LogP contribution in [0.1, 0.15) is 41.3 Å². The molecule has 8 nitrogen and oxygen atoms in total. The number of primary amides is 1. The topological polar surface area (TPSA) is 121 Å². The van der Waals surface area contributed by atoms with Gasteiger partial charge in [0.15, 0.2) is 0 Å². The number of nitrogens with zero attached hydrogens (tertiary/aromatic N) is 2. The maximum atomic E-state index is 12.5. The number of aryl methyl sites for hydroxylation is 1. The Morgan fingerprint density at radius 2 is 2.11 bits per heavy atom. The number of hydrogen-bond acceptors (Lipinski definition) is 5. The second-order valence-corrected chi connectivity index (χ2v) is 6.94. The highest BCUT2D eigenvalue weighted by molar-refractivity contribution is 5.94. The average Bonchev–Trinajstić information content (AvgIpc) is 2.72. The van der Waals surface area contributed by atoms with E-state index in [2.05, 4.69) is 20.2 Å². The van der Waals surface area contributed by atoms with Gasteiger partial charge in [0.25, 0.3) is 11.5 Å². The first kappa shape index (κ1) is 19.6. The van der Waals surface area contributed by atoms with Crippen molar-refractivity contribution in [3.05, 3.63) is 57.6 Å². The van der Waals surface area contributed by atoms with E-state index in [1.807, 2.05) is 19.1 Å². The first-order chi connectivity index (χ1) is 13.5. The summed E-state index contributed by atoms with van der Waals surface area (Å²) in [7, 11) is 0. The molecule has 8 heteroatoms.